The Morgan fingerprint density at radius 3 is 2.29 bits per heavy atom. The summed E-state index contributed by atoms with van der Waals surface area (Å²) < 4.78 is 4.95. The number of hydrogen-bond donors (Lipinski definition) is 2. The van der Waals surface area contributed by atoms with Crippen LogP contribution < -0.4 is 0 Å². The predicted molar refractivity (Wildman–Crippen MR) is 54.0 cm³/mol. The van der Waals surface area contributed by atoms with Crippen molar-refractivity contribution in [1.82, 2.24) is 0 Å². The summed E-state index contributed by atoms with van der Waals surface area (Å²) in [5.74, 6) is 0. The lowest BCUT2D eigenvalue weighted by Gasteiger charge is -2.19. The van der Waals surface area contributed by atoms with Gasteiger partial charge in [0.25, 0.3) is 0 Å². The Morgan fingerprint density at radius 2 is 1.86 bits per heavy atom. The first-order chi connectivity index (χ1) is 6.69. The summed E-state index contributed by atoms with van der Waals surface area (Å²) in [5.41, 5.74) is 1.90. The van der Waals surface area contributed by atoms with E-state index in [4.69, 9.17) is 9.84 Å². The van der Waals surface area contributed by atoms with Crippen LogP contribution >= 0.6 is 0 Å². The fraction of sp³-hybridized carbons (Fsp3) is 0.455. The first kappa shape index (κ1) is 11.2. The minimum atomic E-state index is -0.773. The second-order valence-corrected chi connectivity index (χ2v) is 3.31. The van der Waals surface area contributed by atoms with E-state index in [1.165, 1.54) is 7.11 Å². The molecule has 0 amide bonds. The van der Waals surface area contributed by atoms with Gasteiger partial charge in [0, 0.05) is 7.11 Å². The molecule has 0 aliphatic carbocycles. The monoisotopic (exact) mass is 196 g/mol. The highest BCUT2D eigenvalue weighted by Gasteiger charge is 2.19. The van der Waals surface area contributed by atoms with Gasteiger partial charge in [-0.3, -0.25) is 0 Å². The number of aliphatic hydroxyl groups is 2. The lowest BCUT2D eigenvalue weighted by Crippen LogP contribution is -2.24. The van der Waals surface area contributed by atoms with E-state index in [1.54, 1.807) is 0 Å². The van der Waals surface area contributed by atoms with Gasteiger partial charge in [-0.1, -0.05) is 29.8 Å². The van der Waals surface area contributed by atoms with Crippen molar-refractivity contribution >= 4 is 0 Å². The van der Waals surface area contributed by atoms with Gasteiger partial charge in [-0.2, -0.15) is 0 Å². The van der Waals surface area contributed by atoms with Crippen LogP contribution in [0.1, 0.15) is 17.2 Å². The molecule has 14 heavy (non-hydrogen) atoms. The Morgan fingerprint density at radius 1 is 1.29 bits per heavy atom. The number of aliphatic hydroxyl groups excluding tert-OH is 2. The number of ether oxygens (including phenoxy) is 1. The maximum atomic E-state index is 9.79. The van der Waals surface area contributed by atoms with Crippen LogP contribution in [0.5, 0.6) is 0 Å². The Labute approximate surface area is 84.0 Å². The third-order valence-electron chi connectivity index (χ3n) is 2.25. The molecule has 2 atom stereocenters. The molecule has 2 unspecified atom stereocenters. The van der Waals surface area contributed by atoms with Crippen molar-refractivity contribution in [3.05, 3.63) is 35.4 Å². The lowest BCUT2D eigenvalue weighted by atomic mass is 10.0. The molecule has 2 N–H and O–H groups in total. The molecule has 0 bridgehead atoms. The van der Waals surface area contributed by atoms with Crippen LogP contribution in [0.4, 0.5) is 0 Å². The normalized spacial score (nSPS) is 15.1. The number of aryl methyl sites for hydroxylation is 1. The van der Waals surface area contributed by atoms with Crippen LogP contribution in [-0.2, 0) is 4.74 Å². The van der Waals surface area contributed by atoms with Crippen LogP contribution in [0.25, 0.3) is 0 Å². The number of rotatable bonds is 4. The zero-order chi connectivity index (χ0) is 10.6. The third kappa shape index (κ3) is 2.54. The fourth-order valence-corrected chi connectivity index (χ4v) is 1.28. The van der Waals surface area contributed by atoms with Crippen molar-refractivity contribution in [2.24, 2.45) is 0 Å². The second-order valence-electron chi connectivity index (χ2n) is 3.31. The average Bonchev–Trinajstić information content (AvgIpc) is 2.20. The molecule has 3 heteroatoms. The molecule has 1 rings (SSSR count). The molecule has 1 aromatic rings. The van der Waals surface area contributed by atoms with Crippen LogP contribution in [0.2, 0.25) is 0 Å². The Bertz CT molecular complexity index is 264. The Balaban J connectivity index is 2.77. The van der Waals surface area contributed by atoms with E-state index >= 15 is 0 Å². The Kier molecular flexibility index (Phi) is 4.07. The van der Waals surface area contributed by atoms with Crippen molar-refractivity contribution < 1.29 is 14.9 Å². The highest BCUT2D eigenvalue weighted by molar-refractivity contribution is 5.23. The molecule has 0 radical (unpaired) electrons. The minimum absolute atomic E-state index is 0.189. The molecule has 78 valence electrons. The molecule has 0 saturated heterocycles. The van der Waals surface area contributed by atoms with Gasteiger partial charge in [-0.05, 0) is 12.5 Å². The topological polar surface area (TPSA) is 49.7 Å². The summed E-state index contributed by atoms with van der Waals surface area (Å²) in [6.45, 7) is 1.79. The van der Waals surface area contributed by atoms with Crippen molar-refractivity contribution in [2.75, 3.05) is 13.7 Å². The summed E-state index contributed by atoms with van der Waals surface area (Å²) in [6, 6.07) is 7.51. The first-order valence-corrected chi connectivity index (χ1v) is 4.57. The van der Waals surface area contributed by atoms with Gasteiger partial charge >= 0.3 is 0 Å². The summed E-state index contributed by atoms with van der Waals surface area (Å²) in [4.78, 5) is 0. The van der Waals surface area contributed by atoms with Gasteiger partial charge in [-0.15, -0.1) is 0 Å². The van der Waals surface area contributed by atoms with Crippen LogP contribution in [0.15, 0.2) is 24.3 Å². The molecule has 1 aromatic carbocycles. The van der Waals surface area contributed by atoms with Gasteiger partial charge < -0.3 is 14.9 Å². The molecule has 0 fully saturated rings. The molecule has 0 spiro atoms. The number of methoxy groups -OCH3 is 1. The van der Waals surface area contributed by atoms with E-state index in [0.717, 1.165) is 11.1 Å². The maximum Gasteiger partial charge on any atom is 0.110 e. The summed E-state index contributed by atoms with van der Waals surface area (Å²) in [6.07, 6.45) is -1.33. The van der Waals surface area contributed by atoms with Crippen LogP contribution in [-0.4, -0.2) is 30.0 Å². The largest absolute Gasteiger partial charge is 0.394 e. The van der Waals surface area contributed by atoms with Crippen molar-refractivity contribution in [3.8, 4) is 0 Å². The van der Waals surface area contributed by atoms with E-state index in [-0.39, 0.29) is 6.61 Å². The quantitative estimate of drug-likeness (QED) is 0.756. The molecule has 0 heterocycles. The van der Waals surface area contributed by atoms with Crippen LogP contribution in [0, 0.1) is 6.92 Å². The van der Waals surface area contributed by atoms with Crippen molar-refractivity contribution in [2.45, 2.75) is 19.1 Å². The first-order valence-electron chi connectivity index (χ1n) is 4.57. The third-order valence-corrected chi connectivity index (χ3v) is 2.25. The molecule has 3 nitrogen and oxygen atoms in total. The van der Waals surface area contributed by atoms with Crippen molar-refractivity contribution in [1.29, 1.82) is 0 Å². The van der Waals surface area contributed by atoms with E-state index in [1.807, 2.05) is 31.2 Å². The Hall–Kier alpha value is -0.900. The fourth-order valence-electron chi connectivity index (χ4n) is 1.28. The zero-order valence-electron chi connectivity index (χ0n) is 8.47. The number of hydrogen-bond acceptors (Lipinski definition) is 3. The highest BCUT2D eigenvalue weighted by Crippen LogP contribution is 2.18. The number of benzene rings is 1. The summed E-state index contributed by atoms with van der Waals surface area (Å²) in [7, 11) is 1.47. The SMILES string of the molecule is COC(CO)C(O)c1ccc(C)cc1. The molecular formula is C11H16O3. The van der Waals surface area contributed by atoms with E-state index in [9.17, 15) is 5.11 Å². The van der Waals surface area contributed by atoms with Gasteiger partial charge in [0.1, 0.15) is 12.2 Å². The standard InChI is InChI=1S/C11H16O3/c1-8-3-5-9(6-4-8)11(13)10(7-12)14-2/h3-6,10-13H,7H2,1-2H3. The van der Waals surface area contributed by atoms with E-state index in [0.29, 0.717) is 0 Å². The van der Waals surface area contributed by atoms with Gasteiger partial charge in [-0.25, -0.2) is 0 Å². The average molecular weight is 196 g/mol. The zero-order valence-corrected chi connectivity index (χ0v) is 8.47. The second kappa shape index (κ2) is 5.10. The summed E-state index contributed by atoms with van der Waals surface area (Å²) >= 11 is 0. The molecule has 0 aromatic heterocycles. The predicted octanol–water partition coefficient (Wildman–Crippen LogP) is 1.04. The van der Waals surface area contributed by atoms with Gasteiger partial charge in [0.15, 0.2) is 0 Å². The van der Waals surface area contributed by atoms with Crippen molar-refractivity contribution in [3.63, 3.8) is 0 Å². The molecule has 0 aliphatic rings. The van der Waals surface area contributed by atoms with Gasteiger partial charge in [0.05, 0.1) is 6.61 Å². The summed E-state index contributed by atoms with van der Waals surface area (Å²) in [5, 5.41) is 18.7. The minimum Gasteiger partial charge on any atom is -0.394 e. The van der Waals surface area contributed by atoms with E-state index < -0.39 is 12.2 Å². The molecule has 0 saturated carbocycles. The van der Waals surface area contributed by atoms with E-state index in [2.05, 4.69) is 0 Å². The molecular weight excluding hydrogens is 180 g/mol. The molecule has 0 aliphatic heterocycles. The van der Waals surface area contributed by atoms with Gasteiger partial charge in [0.2, 0.25) is 0 Å². The lowest BCUT2D eigenvalue weighted by molar-refractivity contribution is -0.0424. The maximum absolute atomic E-state index is 9.79. The smallest absolute Gasteiger partial charge is 0.110 e. The highest BCUT2D eigenvalue weighted by atomic mass is 16.5. The van der Waals surface area contributed by atoms with Crippen LogP contribution in [0.3, 0.4) is 0 Å².